The van der Waals surface area contributed by atoms with Gasteiger partial charge in [-0.3, -0.25) is 14.7 Å². The Morgan fingerprint density at radius 3 is 2.57 bits per heavy atom. The van der Waals surface area contributed by atoms with Gasteiger partial charge in [-0.2, -0.15) is 4.98 Å². The van der Waals surface area contributed by atoms with Crippen molar-refractivity contribution in [3.05, 3.63) is 47.0 Å². The van der Waals surface area contributed by atoms with Gasteiger partial charge in [0.05, 0.1) is 17.9 Å². The maximum Gasteiger partial charge on any atom is 0.269 e. The third-order valence-electron chi connectivity index (χ3n) is 4.38. The summed E-state index contributed by atoms with van der Waals surface area (Å²) in [5.74, 6) is 0.414. The smallest absolute Gasteiger partial charge is 0.269 e. The fourth-order valence-electron chi connectivity index (χ4n) is 2.95. The monoisotopic (exact) mass is 389 g/mol. The maximum atomic E-state index is 10.7. The second-order valence-corrected chi connectivity index (χ2v) is 6.08. The van der Waals surface area contributed by atoms with Crippen LogP contribution >= 0.6 is 0 Å². The van der Waals surface area contributed by atoms with Crippen LogP contribution in [0.2, 0.25) is 0 Å². The van der Waals surface area contributed by atoms with Crippen molar-refractivity contribution in [3.8, 4) is 11.6 Å². The molecule has 4 atom stereocenters. The number of aliphatic hydroxyl groups is 3. The van der Waals surface area contributed by atoms with Crippen LogP contribution in [0.5, 0.6) is 11.6 Å². The Kier molecular flexibility index (Phi) is 4.60. The van der Waals surface area contributed by atoms with Gasteiger partial charge in [-0.15, -0.1) is 0 Å². The number of aromatic nitrogens is 4. The summed E-state index contributed by atoms with van der Waals surface area (Å²) in [4.78, 5) is 22.6. The Labute approximate surface area is 156 Å². The van der Waals surface area contributed by atoms with Crippen LogP contribution in [0.15, 0.2) is 36.9 Å². The lowest BCUT2D eigenvalue weighted by molar-refractivity contribution is -0.384. The minimum absolute atomic E-state index is 0.0752. The highest BCUT2D eigenvalue weighted by Gasteiger charge is 2.44. The summed E-state index contributed by atoms with van der Waals surface area (Å²) >= 11 is 0. The lowest BCUT2D eigenvalue weighted by Crippen LogP contribution is -2.33. The first-order valence-corrected chi connectivity index (χ1v) is 8.22. The van der Waals surface area contributed by atoms with Crippen LogP contribution < -0.4 is 4.74 Å². The van der Waals surface area contributed by atoms with Crippen LogP contribution in [0.1, 0.15) is 6.23 Å². The highest BCUT2D eigenvalue weighted by molar-refractivity contribution is 5.76. The van der Waals surface area contributed by atoms with Gasteiger partial charge in [0.15, 0.2) is 17.4 Å². The summed E-state index contributed by atoms with van der Waals surface area (Å²) in [6.07, 6.45) is -1.91. The van der Waals surface area contributed by atoms with Gasteiger partial charge in [-0.05, 0) is 12.1 Å². The van der Waals surface area contributed by atoms with Crippen molar-refractivity contribution in [1.82, 2.24) is 19.5 Å². The molecule has 0 radical (unpaired) electrons. The van der Waals surface area contributed by atoms with E-state index in [2.05, 4.69) is 15.0 Å². The molecule has 1 aromatic carbocycles. The third-order valence-corrected chi connectivity index (χ3v) is 4.38. The molecule has 3 N–H and O–H groups in total. The highest BCUT2D eigenvalue weighted by Crippen LogP contribution is 2.33. The van der Waals surface area contributed by atoms with Gasteiger partial charge in [0, 0.05) is 12.1 Å². The molecule has 1 fully saturated rings. The molecule has 3 heterocycles. The number of nitrogens with zero attached hydrogens (tertiary/aromatic N) is 5. The Bertz CT molecular complexity index is 1010. The number of nitro groups is 1. The van der Waals surface area contributed by atoms with E-state index in [1.54, 1.807) is 0 Å². The summed E-state index contributed by atoms with van der Waals surface area (Å²) in [7, 11) is 0. The Hall–Kier alpha value is -3.19. The number of fused-ring (bicyclic) bond motifs is 1. The Morgan fingerprint density at radius 1 is 1.18 bits per heavy atom. The van der Waals surface area contributed by atoms with Gasteiger partial charge in [-0.1, -0.05) is 0 Å². The topological polar surface area (TPSA) is 166 Å². The van der Waals surface area contributed by atoms with Crippen LogP contribution in [0, 0.1) is 10.1 Å². The first-order valence-electron chi connectivity index (χ1n) is 8.22. The zero-order valence-corrected chi connectivity index (χ0v) is 14.2. The van der Waals surface area contributed by atoms with Gasteiger partial charge < -0.3 is 24.8 Å². The van der Waals surface area contributed by atoms with Crippen LogP contribution in [-0.2, 0) is 4.74 Å². The van der Waals surface area contributed by atoms with Crippen LogP contribution in [-0.4, -0.2) is 64.7 Å². The third kappa shape index (κ3) is 3.03. The number of non-ortho nitro benzene ring substituents is 1. The molecule has 0 saturated carbocycles. The van der Waals surface area contributed by atoms with Gasteiger partial charge >= 0.3 is 0 Å². The molecule has 0 aliphatic carbocycles. The standard InChI is InChI=1S/C16H15N5O7/c22-5-10-12(23)13(24)16(28-10)20-7-19-11-14(20)17-6-18-15(11)27-9-3-1-8(2-4-9)21(25)26/h1-4,6-7,10,12-13,16,22-24H,5H2/t10-,12-,13-,16-/m1/s1. The minimum Gasteiger partial charge on any atom is -0.437 e. The number of benzene rings is 1. The highest BCUT2D eigenvalue weighted by atomic mass is 16.6. The molecule has 1 aliphatic rings. The Morgan fingerprint density at radius 2 is 1.93 bits per heavy atom. The average molecular weight is 389 g/mol. The number of imidazole rings is 1. The van der Waals surface area contributed by atoms with Crippen molar-refractivity contribution in [2.45, 2.75) is 24.5 Å². The molecule has 146 valence electrons. The number of nitro benzene ring substituents is 1. The van der Waals surface area contributed by atoms with Gasteiger partial charge in [0.2, 0.25) is 0 Å². The molecule has 3 aromatic rings. The van der Waals surface area contributed by atoms with E-state index >= 15 is 0 Å². The van der Waals surface area contributed by atoms with Gasteiger partial charge in [0.25, 0.3) is 11.6 Å². The first-order chi connectivity index (χ1) is 13.5. The van der Waals surface area contributed by atoms with E-state index in [1.807, 2.05) is 0 Å². The van der Waals surface area contributed by atoms with Gasteiger partial charge in [0.1, 0.15) is 30.4 Å². The van der Waals surface area contributed by atoms with E-state index in [9.17, 15) is 25.4 Å². The molecular weight excluding hydrogens is 374 g/mol. The van der Waals surface area contributed by atoms with Crippen molar-refractivity contribution >= 4 is 16.9 Å². The second-order valence-electron chi connectivity index (χ2n) is 6.08. The molecule has 1 aliphatic heterocycles. The van der Waals surface area contributed by atoms with Crippen LogP contribution in [0.3, 0.4) is 0 Å². The molecule has 12 heteroatoms. The number of ether oxygens (including phenoxy) is 2. The molecular formula is C16H15N5O7. The molecule has 12 nitrogen and oxygen atoms in total. The number of aliphatic hydroxyl groups excluding tert-OH is 3. The predicted octanol–water partition coefficient (Wildman–Crippen LogP) is 0.138. The Balaban J connectivity index is 1.65. The molecule has 0 unspecified atom stereocenters. The lowest BCUT2D eigenvalue weighted by Gasteiger charge is -2.16. The molecule has 0 spiro atoms. The van der Waals surface area contributed by atoms with E-state index < -0.39 is 36.1 Å². The van der Waals surface area contributed by atoms with E-state index in [0.717, 1.165) is 0 Å². The van der Waals surface area contributed by atoms with Crippen molar-refractivity contribution in [2.75, 3.05) is 6.61 Å². The van der Waals surface area contributed by atoms with Crippen LogP contribution in [0.4, 0.5) is 5.69 Å². The molecule has 0 bridgehead atoms. The van der Waals surface area contributed by atoms with E-state index in [1.165, 1.54) is 41.5 Å². The lowest BCUT2D eigenvalue weighted by atomic mass is 10.1. The molecule has 4 rings (SSSR count). The zero-order valence-electron chi connectivity index (χ0n) is 14.2. The molecule has 28 heavy (non-hydrogen) atoms. The first kappa shape index (κ1) is 18.2. The zero-order chi connectivity index (χ0) is 19.8. The summed E-state index contributed by atoms with van der Waals surface area (Å²) in [6.45, 7) is -0.454. The minimum atomic E-state index is -1.29. The molecule has 2 aromatic heterocycles. The number of hydrogen-bond acceptors (Lipinski definition) is 10. The van der Waals surface area contributed by atoms with Crippen molar-refractivity contribution in [3.63, 3.8) is 0 Å². The molecule has 1 saturated heterocycles. The maximum absolute atomic E-state index is 10.7. The van der Waals surface area contributed by atoms with Crippen molar-refractivity contribution in [2.24, 2.45) is 0 Å². The SMILES string of the molecule is O=[N+]([O-])c1ccc(Oc2ncnc3c2ncn3[C@@H]2O[C@H](CO)[C@@H](O)[C@H]2O)cc1. The predicted molar refractivity (Wildman–Crippen MR) is 91.5 cm³/mol. The van der Waals surface area contributed by atoms with E-state index in [4.69, 9.17) is 9.47 Å². The summed E-state index contributed by atoms with van der Waals surface area (Å²) < 4.78 is 12.5. The van der Waals surface area contributed by atoms with Crippen molar-refractivity contribution < 1.29 is 29.7 Å². The second kappa shape index (κ2) is 7.09. The largest absolute Gasteiger partial charge is 0.437 e. The number of rotatable bonds is 5. The average Bonchev–Trinajstić information content (AvgIpc) is 3.24. The van der Waals surface area contributed by atoms with E-state index in [-0.39, 0.29) is 22.7 Å². The van der Waals surface area contributed by atoms with Gasteiger partial charge in [-0.25, -0.2) is 9.97 Å². The normalized spacial score (nSPS) is 24.5. The summed E-state index contributed by atoms with van der Waals surface area (Å²) in [5, 5.41) is 40.1. The fraction of sp³-hybridized carbons (Fsp3) is 0.312. The van der Waals surface area contributed by atoms with E-state index in [0.29, 0.717) is 5.75 Å². The number of hydrogen-bond donors (Lipinski definition) is 3. The van der Waals surface area contributed by atoms with Crippen molar-refractivity contribution in [1.29, 1.82) is 0 Å². The summed E-state index contributed by atoms with van der Waals surface area (Å²) in [6, 6.07) is 5.45. The fourth-order valence-corrected chi connectivity index (χ4v) is 2.95. The summed E-state index contributed by atoms with van der Waals surface area (Å²) in [5.41, 5.74) is 0.467. The molecule has 0 amide bonds. The van der Waals surface area contributed by atoms with Crippen LogP contribution in [0.25, 0.3) is 11.2 Å². The quantitative estimate of drug-likeness (QED) is 0.403.